The van der Waals surface area contributed by atoms with E-state index in [-0.39, 0.29) is 90.8 Å². The van der Waals surface area contributed by atoms with Crippen molar-refractivity contribution in [3.63, 3.8) is 0 Å². The number of carbonyl (C=O) groups excluding carboxylic acids is 5. The van der Waals surface area contributed by atoms with Crippen molar-refractivity contribution in [2.24, 2.45) is 0 Å². The summed E-state index contributed by atoms with van der Waals surface area (Å²) in [6.07, 6.45) is 1.92. The van der Waals surface area contributed by atoms with Crippen LogP contribution in [0.15, 0.2) is 97.1 Å². The van der Waals surface area contributed by atoms with Gasteiger partial charge in [-0.15, -0.1) is 0 Å². The smallest absolute Gasteiger partial charge is 0.254 e. The molecule has 0 bridgehead atoms. The first-order chi connectivity index (χ1) is 43.2. The molecule has 0 atom stereocenters. The predicted octanol–water partition coefficient (Wildman–Crippen LogP) is 13.6. The molecule has 0 saturated heterocycles. The molecule has 0 spiro atoms. The Balaban J connectivity index is 0.000000590. The van der Waals surface area contributed by atoms with Gasteiger partial charge in [0.15, 0.2) is 0 Å². The maximum absolute atomic E-state index is 12.3. The summed E-state index contributed by atoms with van der Waals surface area (Å²) in [6.45, 7) is 29.4. The van der Waals surface area contributed by atoms with Gasteiger partial charge >= 0.3 is 0 Å². The predicted molar refractivity (Wildman–Crippen MR) is 381 cm³/mol. The molecule has 0 aliphatic carbocycles. The van der Waals surface area contributed by atoms with Gasteiger partial charge in [0.25, 0.3) is 29.5 Å². The van der Waals surface area contributed by atoms with Crippen LogP contribution < -0.4 is 18.9 Å². The minimum absolute atomic E-state index is 0. The minimum Gasteiger partial charge on any atom is -0.497 e. The van der Waals surface area contributed by atoms with Gasteiger partial charge in [-0.05, 0) is 171 Å². The number of nitrogens with zero attached hydrogens (tertiary/aromatic N) is 5. The molecule has 0 saturated carbocycles. The van der Waals surface area contributed by atoms with Gasteiger partial charge in [0.05, 0.1) is 53.4 Å². The molecule has 530 valence electrons. The number of rotatable bonds is 24. The monoisotopic (exact) mass is 1320 g/mol. The second-order valence-corrected chi connectivity index (χ2v) is 23.7. The first kappa shape index (κ1) is 85.5. The summed E-state index contributed by atoms with van der Waals surface area (Å²) in [4.78, 5) is 70.2. The highest BCUT2D eigenvalue weighted by atomic mass is 16.5. The summed E-state index contributed by atoms with van der Waals surface area (Å²) in [5, 5.41) is 0. The van der Waals surface area contributed by atoms with Crippen molar-refractivity contribution in [3.8, 4) is 23.0 Å². The number of hydrogen-bond acceptors (Lipinski definition) is 14. The minimum atomic E-state index is 0. The summed E-state index contributed by atoms with van der Waals surface area (Å²) >= 11 is 0. The third-order valence-corrected chi connectivity index (χ3v) is 15.8. The number of amides is 5. The molecule has 10 rings (SSSR count). The molecule has 5 amide bonds. The highest BCUT2D eigenvalue weighted by molar-refractivity contribution is 6.01. The van der Waals surface area contributed by atoms with Gasteiger partial charge in [0.1, 0.15) is 42.8 Å². The molecule has 0 aromatic heterocycles. The summed E-state index contributed by atoms with van der Waals surface area (Å²) in [5.74, 6) is 3.55. The lowest BCUT2D eigenvalue weighted by Gasteiger charge is -2.31. The molecule has 19 nitrogen and oxygen atoms in total. The molecule has 19 heteroatoms. The second-order valence-electron chi connectivity index (χ2n) is 23.7. The molecule has 0 fully saturated rings. The maximum atomic E-state index is 12.3. The highest BCUT2D eigenvalue weighted by Crippen LogP contribution is 2.32. The zero-order chi connectivity index (χ0) is 65.4. The van der Waals surface area contributed by atoms with Crippen molar-refractivity contribution in [2.75, 3.05) is 108 Å². The summed E-state index contributed by atoms with van der Waals surface area (Å²) in [5.41, 5.74) is 9.47. The fourth-order valence-corrected chi connectivity index (χ4v) is 10.6. The van der Waals surface area contributed by atoms with Crippen LogP contribution in [0.5, 0.6) is 23.0 Å². The molecule has 5 aromatic rings. The molecule has 5 aliphatic heterocycles. The van der Waals surface area contributed by atoms with E-state index >= 15 is 0 Å². The SMILES string of the molecule is C.C.C.C.C.CC(C)N1CCc2ccccc2C1=O.COCCOCCOc1ccc2c(c1)C(=O)N(C(C)C)C2.COCCOCCOc1ccc2c(c1)CN(C(C)C)C2=O.COCCOc1ccc2c(c1)C(=O)N(C(C)C)C2.COc1ccc2c(c1)C(=O)N(C(C)C)CC2. The zero-order valence-corrected chi connectivity index (χ0v) is 55.6. The Labute approximate surface area is 570 Å². The highest BCUT2D eigenvalue weighted by Gasteiger charge is 2.33. The number of hydrogen-bond donors (Lipinski definition) is 0. The van der Waals surface area contributed by atoms with Crippen molar-refractivity contribution in [1.29, 1.82) is 0 Å². The van der Waals surface area contributed by atoms with Gasteiger partial charge in [0.2, 0.25) is 0 Å². The van der Waals surface area contributed by atoms with Crippen molar-refractivity contribution in [2.45, 2.75) is 169 Å². The average molecular weight is 1320 g/mol. The van der Waals surface area contributed by atoms with Crippen LogP contribution in [-0.4, -0.2) is 192 Å². The third kappa shape index (κ3) is 23.9. The lowest BCUT2D eigenvalue weighted by Crippen LogP contribution is -2.42. The Kier molecular flexibility index (Phi) is 38.5. The molecule has 5 heterocycles. The van der Waals surface area contributed by atoms with Crippen molar-refractivity contribution in [3.05, 3.63) is 153 Å². The molecule has 5 aliphatic rings. The largest absolute Gasteiger partial charge is 0.497 e. The van der Waals surface area contributed by atoms with E-state index in [0.717, 1.165) is 93.3 Å². The van der Waals surface area contributed by atoms with Crippen molar-refractivity contribution >= 4 is 29.5 Å². The van der Waals surface area contributed by atoms with Gasteiger partial charge in [-0.2, -0.15) is 0 Å². The molecule has 95 heavy (non-hydrogen) atoms. The van der Waals surface area contributed by atoms with Crippen LogP contribution in [0.1, 0.15) is 186 Å². The Bertz CT molecular complexity index is 3140. The van der Waals surface area contributed by atoms with E-state index in [1.807, 2.05) is 177 Å². The molecular formula is C76H117N5O14. The van der Waals surface area contributed by atoms with E-state index in [2.05, 4.69) is 13.8 Å². The number of carbonyl (C=O) groups is 5. The van der Waals surface area contributed by atoms with E-state index in [4.69, 9.17) is 42.6 Å². The first-order valence-corrected chi connectivity index (χ1v) is 31.4. The van der Waals surface area contributed by atoms with E-state index in [1.165, 1.54) is 5.56 Å². The number of methoxy groups -OCH3 is 4. The Hall–Kier alpha value is -7.55. The van der Waals surface area contributed by atoms with E-state index < -0.39 is 0 Å². The van der Waals surface area contributed by atoms with Gasteiger partial charge in [-0.25, -0.2) is 0 Å². The number of ether oxygens (including phenoxy) is 9. The topological polar surface area (TPSA) is 185 Å². The fourth-order valence-electron chi connectivity index (χ4n) is 10.6. The van der Waals surface area contributed by atoms with Crippen LogP contribution in [0.4, 0.5) is 0 Å². The normalized spacial score (nSPS) is 13.8. The average Bonchev–Trinajstić information content (AvgIpc) is 1.79. The lowest BCUT2D eigenvalue weighted by molar-refractivity contribution is 0.0544. The van der Waals surface area contributed by atoms with Crippen molar-refractivity contribution < 1.29 is 66.6 Å². The Morgan fingerprint density at radius 1 is 0.316 bits per heavy atom. The molecular weight excluding hydrogens is 1210 g/mol. The summed E-state index contributed by atoms with van der Waals surface area (Å²) in [7, 11) is 6.54. The summed E-state index contributed by atoms with van der Waals surface area (Å²) < 4.78 is 47.3. The quantitative estimate of drug-likeness (QED) is 0.0531. The van der Waals surface area contributed by atoms with Gasteiger partial charge in [-0.3, -0.25) is 24.0 Å². The van der Waals surface area contributed by atoms with Crippen molar-refractivity contribution in [1.82, 2.24) is 24.5 Å². The lowest BCUT2D eigenvalue weighted by atomic mass is 9.98. The van der Waals surface area contributed by atoms with Gasteiger partial charge in [-0.1, -0.05) is 73.5 Å². The van der Waals surface area contributed by atoms with Crippen LogP contribution in [0, 0.1) is 0 Å². The maximum Gasteiger partial charge on any atom is 0.254 e. The van der Waals surface area contributed by atoms with E-state index in [1.54, 1.807) is 28.4 Å². The van der Waals surface area contributed by atoms with Gasteiger partial charge < -0.3 is 67.1 Å². The summed E-state index contributed by atoms with van der Waals surface area (Å²) in [6, 6.07) is 31.9. The Morgan fingerprint density at radius 3 is 1.06 bits per heavy atom. The number of benzene rings is 5. The fraction of sp³-hybridized carbons (Fsp3) is 0.539. The van der Waals surface area contributed by atoms with E-state index in [0.29, 0.717) is 97.5 Å². The standard InChI is InChI=1S/2C16H23NO4.C14H19NO3.C13H17NO2.C12H15NO.5CH4/c1-12(2)17-11-13-10-14(4-5-15(13)16(17)18)21-9-8-20-7-6-19-3;1-12(2)17-11-13-4-5-14(10-15(13)16(17)18)21-9-8-20-7-6-19-3;1-10(2)15-9-11-4-5-12(18-7-6-17-3)8-13(11)14(15)16;1-9(2)14-7-6-10-4-5-11(16-3)8-12(10)13(14)15;1-9(2)13-8-7-10-5-3-4-6-11(10)12(13)14;;;;;/h2*4-5,10,12H,6-9,11H2,1-3H3;4-5,8,10H,6-7,9H2,1-3H3;4-5,8-9H,6-7H2,1-3H3;3-6,9H,7-8H2,1-2H3;5*1H4. The van der Waals surface area contributed by atoms with Crippen LogP contribution in [-0.2, 0) is 56.2 Å². The zero-order valence-electron chi connectivity index (χ0n) is 55.6. The first-order valence-electron chi connectivity index (χ1n) is 31.4. The number of fused-ring (bicyclic) bond motifs is 5. The van der Waals surface area contributed by atoms with Crippen LogP contribution in [0.25, 0.3) is 0 Å². The molecule has 0 radical (unpaired) electrons. The molecule has 0 unspecified atom stereocenters. The second kappa shape index (κ2) is 42.8. The Morgan fingerprint density at radius 2 is 0.621 bits per heavy atom. The van der Waals surface area contributed by atoms with Crippen LogP contribution in [0.3, 0.4) is 0 Å². The van der Waals surface area contributed by atoms with Crippen LogP contribution >= 0.6 is 0 Å². The van der Waals surface area contributed by atoms with E-state index in [9.17, 15) is 24.0 Å². The third-order valence-electron chi connectivity index (χ3n) is 15.8. The van der Waals surface area contributed by atoms with Gasteiger partial charge in [0, 0.05) is 112 Å². The van der Waals surface area contributed by atoms with Crippen LogP contribution in [0.2, 0.25) is 0 Å². The molecule has 5 aromatic carbocycles. The molecule has 0 N–H and O–H groups in total.